The smallest absolute Gasteiger partial charge is 0.308 e. The molecule has 1 aromatic rings. The Labute approximate surface area is 93.5 Å². The van der Waals surface area contributed by atoms with E-state index in [1.807, 2.05) is 6.07 Å². The lowest BCUT2D eigenvalue weighted by molar-refractivity contribution is -0.144. The van der Waals surface area contributed by atoms with Crippen molar-refractivity contribution in [3.05, 3.63) is 29.8 Å². The van der Waals surface area contributed by atoms with Gasteiger partial charge in [0, 0.05) is 11.7 Å². The number of carbonyl (C=O) groups is 1. The SMILES string of the molecule is N#Cc1ccc(NC2CCC2C(=O)O)cc1. The molecule has 0 saturated heterocycles. The highest BCUT2D eigenvalue weighted by molar-refractivity contribution is 5.73. The Morgan fingerprint density at radius 3 is 2.50 bits per heavy atom. The van der Waals surface area contributed by atoms with E-state index in [9.17, 15) is 4.79 Å². The lowest BCUT2D eigenvalue weighted by Crippen LogP contribution is -2.42. The molecule has 0 amide bonds. The van der Waals surface area contributed by atoms with Crippen molar-refractivity contribution < 1.29 is 9.90 Å². The molecular formula is C12H12N2O2. The molecule has 4 heteroatoms. The first kappa shape index (κ1) is 10.5. The minimum absolute atomic E-state index is 0.0189. The highest BCUT2D eigenvalue weighted by atomic mass is 16.4. The highest BCUT2D eigenvalue weighted by Gasteiger charge is 2.36. The van der Waals surface area contributed by atoms with Gasteiger partial charge in [-0.15, -0.1) is 0 Å². The predicted octanol–water partition coefficient (Wildman–Crippen LogP) is 1.83. The van der Waals surface area contributed by atoms with Crippen molar-refractivity contribution in [3.8, 4) is 6.07 Å². The molecule has 1 aromatic carbocycles. The Morgan fingerprint density at radius 2 is 2.06 bits per heavy atom. The van der Waals surface area contributed by atoms with Gasteiger partial charge in [-0.05, 0) is 37.1 Å². The van der Waals surface area contributed by atoms with Crippen LogP contribution in [0.1, 0.15) is 18.4 Å². The maximum absolute atomic E-state index is 10.8. The van der Waals surface area contributed by atoms with E-state index in [0.29, 0.717) is 5.56 Å². The molecule has 0 spiro atoms. The molecule has 2 N–H and O–H groups in total. The largest absolute Gasteiger partial charge is 0.481 e. The summed E-state index contributed by atoms with van der Waals surface area (Å²) in [6, 6.07) is 9.10. The van der Waals surface area contributed by atoms with Crippen LogP contribution < -0.4 is 5.32 Å². The maximum atomic E-state index is 10.8. The number of hydrogen-bond donors (Lipinski definition) is 2. The summed E-state index contributed by atoms with van der Waals surface area (Å²) in [6.45, 7) is 0. The van der Waals surface area contributed by atoms with Gasteiger partial charge in [-0.2, -0.15) is 5.26 Å². The number of nitrogens with zero attached hydrogens (tertiary/aromatic N) is 1. The van der Waals surface area contributed by atoms with Gasteiger partial charge in [-0.3, -0.25) is 4.79 Å². The molecule has 4 nitrogen and oxygen atoms in total. The first-order valence-electron chi connectivity index (χ1n) is 5.20. The summed E-state index contributed by atoms with van der Waals surface area (Å²) >= 11 is 0. The molecule has 82 valence electrons. The van der Waals surface area contributed by atoms with Crippen LogP contribution in [0.15, 0.2) is 24.3 Å². The number of aliphatic carboxylic acids is 1. The molecule has 0 aliphatic heterocycles. The number of carboxylic acid groups (broad SMARTS) is 1. The summed E-state index contributed by atoms with van der Waals surface area (Å²) in [5.41, 5.74) is 1.48. The molecule has 2 rings (SSSR count). The Bertz CT molecular complexity index is 433. The van der Waals surface area contributed by atoms with Crippen LogP contribution in [0.3, 0.4) is 0 Å². The number of nitrogens with one attached hydrogen (secondary N) is 1. The summed E-state index contributed by atoms with van der Waals surface area (Å²) in [4.78, 5) is 10.8. The third-order valence-electron chi connectivity index (χ3n) is 2.96. The van der Waals surface area contributed by atoms with Crippen LogP contribution in [0.25, 0.3) is 0 Å². The van der Waals surface area contributed by atoms with Crippen LogP contribution >= 0.6 is 0 Å². The van der Waals surface area contributed by atoms with Crippen molar-refractivity contribution in [2.75, 3.05) is 5.32 Å². The van der Waals surface area contributed by atoms with E-state index in [-0.39, 0.29) is 12.0 Å². The number of nitriles is 1. The lowest BCUT2D eigenvalue weighted by Gasteiger charge is -2.34. The quantitative estimate of drug-likeness (QED) is 0.808. The molecule has 16 heavy (non-hydrogen) atoms. The minimum Gasteiger partial charge on any atom is -0.481 e. The Kier molecular flexibility index (Phi) is 2.78. The fourth-order valence-corrected chi connectivity index (χ4v) is 1.82. The van der Waals surface area contributed by atoms with Crippen molar-refractivity contribution in [1.82, 2.24) is 0 Å². The number of benzene rings is 1. The van der Waals surface area contributed by atoms with Gasteiger partial charge in [-0.1, -0.05) is 0 Å². The number of anilines is 1. The van der Waals surface area contributed by atoms with E-state index in [1.54, 1.807) is 24.3 Å². The van der Waals surface area contributed by atoms with Gasteiger partial charge in [0.25, 0.3) is 0 Å². The normalized spacial score (nSPS) is 22.9. The van der Waals surface area contributed by atoms with Gasteiger partial charge in [0.2, 0.25) is 0 Å². The van der Waals surface area contributed by atoms with Crippen LogP contribution in [0, 0.1) is 17.2 Å². The van der Waals surface area contributed by atoms with Crippen LogP contribution in [0.5, 0.6) is 0 Å². The van der Waals surface area contributed by atoms with Crippen molar-refractivity contribution in [2.24, 2.45) is 5.92 Å². The van der Waals surface area contributed by atoms with Crippen LogP contribution in [-0.2, 0) is 4.79 Å². The van der Waals surface area contributed by atoms with Gasteiger partial charge < -0.3 is 10.4 Å². The van der Waals surface area contributed by atoms with Crippen LogP contribution in [0.4, 0.5) is 5.69 Å². The second-order valence-electron chi connectivity index (χ2n) is 3.96. The third-order valence-corrected chi connectivity index (χ3v) is 2.96. The van der Waals surface area contributed by atoms with E-state index in [2.05, 4.69) is 5.32 Å². The van der Waals surface area contributed by atoms with Gasteiger partial charge >= 0.3 is 5.97 Å². The number of carboxylic acids is 1. The molecule has 0 aromatic heterocycles. The van der Waals surface area contributed by atoms with Gasteiger partial charge in [0.15, 0.2) is 0 Å². The lowest BCUT2D eigenvalue weighted by atomic mass is 9.79. The first-order chi connectivity index (χ1) is 7.70. The van der Waals surface area contributed by atoms with E-state index in [1.165, 1.54) is 0 Å². The van der Waals surface area contributed by atoms with Crippen LogP contribution in [0.2, 0.25) is 0 Å². The molecule has 0 bridgehead atoms. The first-order valence-corrected chi connectivity index (χ1v) is 5.20. The molecule has 1 saturated carbocycles. The topological polar surface area (TPSA) is 73.1 Å². The highest BCUT2D eigenvalue weighted by Crippen LogP contribution is 2.30. The zero-order valence-electron chi connectivity index (χ0n) is 8.68. The minimum atomic E-state index is -0.739. The standard InChI is InChI=1S/C12H12N2O2/c13-7-8-1-3-9(4-2-8)14-11-6-5-10(11)12(15)16/h1-4,10-11,14H,5-6H2,(H,15,16). The maximum Gasteiger partial charge on any atom is 0.308 e. The monoisotopic (exact) mass is 216 g/mol. The van der Waals surface area contributed by atoms with Crippen molar-refractivity contribution in [3.63, 3.8) is 0 Å². The fraction of sp³-hybridized carbons (Fsp3) is 0.333. The van der Waals surface area contributed by atoms with Gasteiger partial charge in [-0.25, -0.2) is 0 Å². The van der Waals surface area contributed by atoms with E-state index < -0.39 is 5.97 Å². The van der Waals surface area contributed by atoms with Crippen LogP contribution in [-0.4, -0.2) is 17.1 Å². The van der Waals surface area contributed by atoms with Crippen molar-refractivity contribution in [1.29, 1.82) is 5.26 Å². The average Bonchev–Trinajstić information content (AvgIpc) is 2.24. The second kappa shape index (κ2) is 4.23. The zero-order chi connectivity index (χ0) is 11.5. The number of rotatable bonds is 3. The molecule has 2 unspecified atom stereocenters. The summed E-state index contributed by atoms with van der Waals surface area (Å²) in [5, 5.41) is 20.7. The second-order valence-corrected chi connectivity index (χ2v) is 3.96. The summed E-state index contributed by atoms with van der Waals surface area (Å²) in [5.74, 6) is -1.02. The summed E-state index contributed by atoms with van der Waals surface area (Å²) in [7, 11) is 0. The molecule has 0 heterocycles. The van der Waals surface area contributed by atoms with E-state index in [4.69, 9.17) is 10.4 Å². The van der Waals surface area contributed by atoms with E-state index >= 15 is 0 Å². The summed E-state index contributed by atoms with van der Waals surface area (Å²) in [6.07, 6.45) is 1.63. The molecule has 2 atom stereocenters. The molecule has 0 radical (unpaired) electrons. The Balaban J connectivity index is 1.99. The van der Waals surface area contributed by atoms with Gasteiger partial charge in [0.05, 0.1) is 17.6 Å². The van der Waals surface area contributed by atoms with Crippen molar-refractivity contribution >= 4 is 11.7 Å². The zero-order valence-corrected chi connectivity index (χ0v) is 8.68. The fourth-order valence-electron chi connectivity index (χ4n) is 1.82. The molecule has 1 aliphatic carbocycles. The Morgan fingerprint density at radius 1 is 1.38 bits per heavy atom. The van der Waals surface area contributed by atoms with E-state index in [0.717, 1.165) is 18.5 Å². The predicted molar refractivity (Wildman–Crippen MR) is 58.9 cm³/mol. The molecule has 1 fully saturated rings. The Hall–Kier alpha value is -2.02. The summed E-state index contributed by atoms with van der Waals surface area (Å²) < 4.78 is 0. The molecule has 1 aliphatic rings. The average molecular weight is 216 g/mol. The van der Waals surface area contributed by atoms with Crippen molar-refractivity contribution in [2.45, 2.75) is 18.9 Å². The van der Waals surface area contributed by atoms with Gasteiger partial charge in [0.1, 0.15) is 0 Å². The third kappa shape index (κ3) is 1.98. The molecular weight excluding hydrogens is 204 g/mol. The number of hydrogen-bond acceptors (Lipinski definition) is 3.